The van der Waals surface area contributed by atoms with Crippen LogP contribution in [0.15, 0.2) is 48.9 Å². The van der Waals surface area contributed by atoms with Crippen LogP contribution in [-0.2, 0) is 11.2 Å². The zero-order valence-electron chi connectivity index (χ0n) is 18.3. The Hall–Kier alpha value is -2.57. The molecule has 2 saturated heterocycles. The Labute approximate surface area is 193 Å². The predicted octanol–water partition coefficient (Wildman–Crippen LogP) is 4.31. The molecule has 1 amide bonds. The molecular formula is C25H29ClN4O2. The average molecular weight is 453 g/mol. The van der Waals surface area contributed by atoms with Gasteiger partial charge in [0.1, 0.15) is 0 Å². The predicted molar refractivity (Wildman–Crippen MR) is 127 cm³/mol. The summed E-state index contributed by atoms with van der Waals surface area (Å²) in [7, 11) is 0. The first kappa shape index (κ1) is 21.3. The molecule has 1 atom stereocenters. The second-order valence-corrected chi connectivity index (χ2v) is 9.19. The number of carbonyl (C=O) groups excluding carboxylic acids is 1. The fraction of sp³-hybridized carbons (Fsp3) is 0.440. The van der Waals surface area contributed by atoms with Crippen LogP contribution in [0.4, 0.5) is 5.69 Å². The summed E-state index contributed by atoms with van der Waals surface area (Å²) in [4.78, 5) is 22.3. The van der Waals surface area contributed by atoms with Crippen molar-refractivity contribution < 1.29 is 9.53 Å². The summed E-state index contributed by atoms with van der Waals surface area (Å²) in [6.07, 6.45) is 10.2. The van der Waals surface area contributed by atoms with E-state index in [1.807, 2.05) is 47.8 Å². The Morgan fingerprint density at radius 1 is 1.12 bits per heavy atom. The number of carbonyl (C=O) groups is 1. The Bertz CT molecular complexity index is 1090. The Morgan fingerprint density at radius 3 is 2.88 bits per heavy atom. The van der Waals surface area contributed by atoms with E-state index < -0.39 is 0 Å². The van der Waals surface area contributed by atoms with E-state index in [9.17, 15) is 4.79 Å². The molecule has 7 heteroatoms. The molecule has 168 valence electrons. The van der Waals surface area contributed by atoms with Gasteiger partial charge in [-0.1, -0.05) is 11.6 Å². The van der Waals surface area contributed by atoms with Crippen LogP contribution in [0.1, 0.15) is 35.3 Å². The minimum atomic E-state index is 0.0456. The normalized spacial score (nSPS) is 19.8. The van der Waals surface area contributed by atoms with Gasteiger partial charge in [0.15, 0.2) is 0 Å². The van der Waals surface area contributed by atoms with Gasteiger partial charge in [0, 0.05) is 56.3 Å². The van der Waals surface area contributed by atoms with E-state index >= 15 is 0 Å². The lowest BCUT2D eigenvalue weighted by Crippen LogP contribution is -2.37. The molecule has 5 rings (SSSR count). The van der Waals surface area contributed by atoms with Crippen molar-refractivity contribution in [3.63, 3.8) is 0 Å². The maximum absolute atomic E-state index is 13.5. The summed E-state index contributed by atoms with van der Waals surface area (Å²) in [5.74, 6) is 0.244. The van der Waals surface area contributed by atoms with Crippen LogP contribution < -0.4 is 4.90 Å². The SMILES string of the molecule is O=C(c1ccc(Cl)c(N2CCCCC2)c1)N1CCOC[C@@H](Cc2nccn3cccc23)C1. The molecule has 0 unspecified atom stereocenters. The lowest BCUT2D eigenvalue weighted by molar-refractivity contribution is 0.0737. The third-order valence-corrected chi connectivity index (χ3v) is 6.85. The van der Waals surface area contributed by atoms with E-state index in [2.05, 4.69) is 20.4 Å². The zero-order chi connectivity index (χ0) is 21.9. The first-order valence-corrected chi connectivity index (χ1v) is 11.9. The van der Waals surface area contributed by atoms with Gasteiger partial charge in [-0.25, -0.2) is 0 Å². The fourth-order valence-electron chi connectivity index (χ4n) is 4.85. The largest absolute Gasteiger partial charge is 0.379 e. The lowest BCUT2D eigenvalue weighted by atomic mass is 10.0. The third-order valence-electron chi connectivity index (χ3n) is 6.53. The number of anilines is 1. The summed E-state index contributed by atoms with van der Waals surface area (Å²) in [5, 5.41) is 0.715. The van der Waals surface area contributed by atoms with Gasteiger partial charge in [0.25, 0.3) is 5.91 Å². The maximum Gasteiger partial charge on any atom is 0.254 e. The van der Waals surface area contributed by atoms with Gasteiger partial charge in [-0.3, -0.25) is 9.78 Å². The van der Waals surface area contributed by atoms with Crippen LogP contribution in [0.3, 0.4) is 0 Å². The van der Waals surface area contributed by atoms with Crippen LogP contribution in [0.25, 0.3) is 5.52 Å². The maximum atomic E-state index is 13.5. The Balaban J connectivity index is 1.33. The van der Waals surface area contributed by atoms with E-state index in [-0.39, 0.29) is 11.8 Å². The molecule has 0 N–H and O–H groups in total. The Morgan fingerprint density at radius 2 is 2.00 bits per heavy atom. The summed E-state index contributed by atoms with van der Waals surface area (Å²) in [5.41, 5.74) is 3.82. The van der Waals surface area contributed by atoms with Crippen molar-refractivity contribution in [1.29, 1.82) is 0 Å². The molecule has 0 radical (unpaired) electrons. The molecule has 32 heavy (non-hydrogen) atoms. The van der Waals surface area contributed by atoms with Crippen LogP contribution in [0.2, 0.25) is 5.02 Å². The number of rotatable bonds is 4. The van der Waals surface area contributed by atoms with Gasteiger partial charge in [-0.2, -0.15) is 0 Å². The number of ether oxygens (including phenoxy) is 1. The number of hydrogen-bond donors (Lipinski definition) is 0. The number of halogens is 1. The van der Waals surface area contributed by atoms with E-state index in [1.54, 1.807) is 0 Å². The number of benzene rings is 1. The van der Waals surface area contributed by atoms with E-state index in [0.717, 1.165) is 36.4 Å². The van der Waals surface area contributed by atoms with Crippen molar-refractivity contribution in [2.45, 2.75) is 25.7 Å². The van der Waals surface area contributed by atoms with Crippen molar-refractivity contribution in [3.05, 3.63) is 65.2 Å². The van der Waals surface area contributed by atoms with Gasteiger partial charge >= 0.3 is 0 Å². The molecular weight excluding hydrogens is 424 g/mol. The second kappa shape index (κ2) is 9.51. The summed E-state index contributed by atoms with van der Waals surface area (Å²) < 4.78 is 7.95. The van der Waals surface area contributed by atoms with Crippen LogP contribution >= 0.6 is 11.6 Å². The quantitative estimate of drug-likeness (QED) is 0.592. The van der Waals surface area contributed by atoms with Gasteiger partial charge in [0.05, 0.1) is 35.1 Å². The number of aromatic nitrogens is 2. The Kier molecular flexibility index (Phi) is 6.32. The average Bonchev–Trinajstić information content (AvgIpc) is 3.19. The van der Waals surface area contributed by atoms with Crippen LogP contribution in [-0.4, -0.2) is 59.6 Å². The monoisotopic (exact) mass is 452 g/mol. The number of nitrogens with zero attached hydrogens (tertiary/aromatic N) is 4. The first-order chi connectivity index (χ1) is 15.7. The van der Waals surface area contributed by atoms with Gasteiger partial charge < -0.3 is 18.9 Å². The molecule has 2 fully saturated rings. The number of amides is 1. The molecule has 0 spiro atoms. The first-order valence-electron chi connectivity index (χ1n) is 11.5. The molecule has 4 heterocycles. The van der Waals surface area contributed by atoms with Gasteiger partial charge in [-0.15, -0.1) is 0 Å². The number of fused-ring (bicyclic) bond motifs is 1. The molecule has 2 aliphatic heterocycles. The molecule has 1 aromatic carbocycles. The highest BCUT2D eigenvalue weighted by atomic mass is 35.5. The molecule has 6 nitrogen and oxygen atoms in total. The van der Waals surface area contributed by atoms with Crippen molar-refractivity contribution in [2.75, 3.05) is 44.3 Å². The second-order valence-electron chi connectivity index (χ2n) is 8.78. The minimum Gasteiger partial charge on any atom is -0.379 e. The van der Waals surface area contributed by atoms with Gasteiger partial charge in [-0.05, 0) is 56.0 Å². The molecule has 3 aromatic rings. The van der Waals surface area contributed by atoms with Crippen molar-refractivity contribution in [3.8, 4) is 0 Å². The smallest absolute Gasteiger partial charge is 0.254 e. The highest BCUT2D eigenvalue weighted by molar-refractivity contribution is 6.33. The van der Waals surface area contributed by atoms with E-state index in [4.69, 9.17) is 16.3 Å². The summed E-state index contributed by atoms with van der Waals surface area (Å²) >= 11 is 6.50. The highest BCUT2D eigenvalue weighted by Crippen LogP contribution is 2.30. The number of piperidine rings is 1. The molecule has 2 aromatic heterocycles. The number of hydrogen-bond acceptors (Lipinski definition) is 4. The topological polar surface area (TPSA) is 50.1 Å². The molecule has 2 aliphatic rings. The van der Waals surface area contributed by atoms with Crippen molar-refractivity contribution in [1.82, 2.24) is 14.3 Å². The van der Waals surface area contributed by atoms with Crippen LogP contribution in [0.5, 0.6) is 0 Å². The standard InChI is InChI=1S/C25H29ClN4O2/c26-21-7-6-20(16-24(21)28-9-2-1-3-10-28)25(31)30-13-14-32-18-19(17-30)15-22-23-5-4-11-29(23)12-8-27-22/h4-8,11-12,16,19H,1-3,9-10,13-15,17-18H2/t19-/m0/s1. The highest BCUT2D eigenvalue weighted by Gasteiger charge is 2.25. The molecule has 0 bridgehead atoms. The summed E-state index contributed by atoms with van der Waals surface area (Å²) in [6, 6.07) is 9.79. The third kappa shape index (κ3) is 4.48. The van der Waals surface area contributed by atoms with Crippen LogP contribution in [0, 0.1) is 5.92 Å². The van der Waals surface area contributed by atoms with E-state index in [0.29, 0.717) is 36.9 Å². The lowest BCUT2D eigenvalue weighted by Gasteiger charge is -2.30. The minimum absolute atomic E-state index is 0.0456. The van der Waals surface area contributed by atoms with E-state index in [1.165, 1.54) is 19.3 Å². The van der Waals surface area contributed by atoms with Crippen molar-refractivity contribution >= 4 is 28.7 Å². The van der Waals surface area contributed by atoms with Crippen molar-refractivity contribution in [2.24, 2.45) is 5.92 Å². The van der Waals surface area contributed by atoms with Gasteiger partial charge in [0.2, 0.25) is 0 Å². The summed E-state index contributed by atoms with van der Waals surface area (Å²) in [6.45, 7) is 4.43. The zero-order valence-corrected chi connectivity index (χ0v) is 19.0. The fourth-order valence-corrected chi connectivity index (χ4v) is 5.09. The molecule has 0 aliphatic carbocycles. The molecule has 0 saturated carbocycles.